The van der Waals surface area contributed by atoms with E-state index in [2.05, 4.69) is 20.6 Å². The number of carbonyl (C=O) groups excluding carboxylic acids is 1. The molecule has 3 rings (SSSR count). The Morgan fingerprint density at radius 1 is 1.26 bits per heavy atom. The number of rotatable bonds is 3. The molecule has 0 aliphatic carbocycles. The van der Waals surface area contributed by atoms with Gasteiger partial charge >= 0.3 is 6.01 Å². The lowest BCUT2D eigenvalue weighted by Crippen LogP contribution is -2.14. The zero-order valence-electron chi connectivity index (χ0n) is 12.2. The first-order valence-electron chi connectivity index (χ1n) is 6.55. The van der Waals surface area contributed by atoms with Crippen LogP contribution in [0.25, 0.3) is 11.6 Å². The smallest absolute Gasteiger partial charge is 0.322 e. The molecule has 0 bridgehead atoms. The molecule has 23 heavy (non-hydrogen) atoms. The zero-order chi connectivity index (χ0) is 16.6. The molecule has 0 radical (unpaired) electrons. The number of nitrogens with one attached hydrogen (secondary N) is 1. The number of nitrogens with zero attached hydrogens (tertiary/aromatic N) is 4. The molecule has 2 aromatic heterocycles. The summed E-state index contributed by atoms with van der Waals surface area (Å²) in [4.78, 5) is 11.9. The van der Waals surface area contributed by atoms with Crippen LogP contribution in [-0.2, 0) is 7.05 Å². The van der Waals surface area contributed by atoms with Crippen LogP contribution in [-0.4, -0.2) is 25.9 Å². The minimum absolute atomic E-state index is 0.156. The second kappa shape index (κ2) is 5.59. The van der Waals surface area contributed by atoms with Gasteiger partial charge in [-0.3, -0.25) is 14.8 Å². The highest BCUT2D eigenvalue weighted by atomic mass is 19.1. The second-order valence-electron chi connectivity index (χ2n) is 4.79. The minimum atomic E-state index is -0.982. The van der Waals surface area contributed by atoms with Gasteiger partial charge in [0.1, 0.15) is 17.3 Å². The Kier molecular flexibility index (Phi) is 3.61. The van der Waals surface area contributed by atoms with Crippen molar-refractivity contribution in [1.82, 2.24) is 20.0 Å². The average molecular weight is 319 g/mol. The molecule has 1 aromatic carbocycles. The quantitative estimate of drug-likeness (QED) is 0.800. The summed E-state index contributed by atoms with van der Waals surface area (Å²) >= 11 is 0. The topological polar surface area (TPSA) is 85.8 Å². The Labute approximate surface area is 128 Å². The van der Waals surface area contributed by atoms with Gasteiger partial charge in [0.25, 0.3) is 11.8 Å². The van der Waals surface area contributed by atoms with Crippen LogP contribution in [0.5, 0.6) is 0 Å². The van der Waals surface area contributed by atoms with E-state index in [1.54, 1.807) is 24.7 Å². The molecule has 3 aromatic rings. The van der Waals surface area contributed by atoms with Gasteiger partial charge in [0.2, 0.25) is 0 Å². The summed E-state index contributed by atoms with van der Waals surface area (Å²) < 4.78 is 33.3. The van der Waals surface area contributed by atoms with Gasteiger partial charge in [0.15, 0.2) is 0 Å². The maximum absolute atomic E-state index is 13.6. The molecule has 9 heteroatoms. The molecule has 0 saturated heterocycles. The molecule has 1 amide bonds. The number of aryl methyl sites for hydroxylation is 2. The van der Waals surface area contributed by atoms with Crippen molar-refractivity contribution in [2.75, 3.05) is 5.32 Å². The summed E-state index contributed by atoms with van der Waals surface area (Å²) in [5.41, 5.74) is 1.01. The van der Waals surface area contributed by atoms with Crippen molar-refractivity contribution in [3.63, 3.8) is 0 Å². The van der Waals surface area contributed by atoms with Crippen LogP contribution >= 0.6 is 0 Å². The molecule has 1 N–H and O–H groups in total. The van der Waals surface area contributed by atoms with Crippen molar-refractivity contribution in [2.45, 2.75) is 6.92 Å². The Balaban J connectivity index is 1.81. The summed E-state index contributed by atoms with van der Waals surface area (Å²) in [6.07, 6.45) is 0. The van der Waals surface area contributed by atoms with Gasteiger partial charge in [-0.2, -0.15) is 5.10 Å². The van der Waals surface area contributed by atoms with Gasteiger partial charge in [-0.15, -0.1) is 5.10 Å². The van der Waals surface area contributed by atoms with Crippen LogP contribution < -0.4 is 5.32 Å². The minimum Gasteiger partial charge on any atom is -0.401 e. The third kappa shape index (κ3) is 2.93. The normalized spacial score (nSPS) is 10.8. The van der Waals surface area contributed by atoms with Crippen LogP contribution in [0.2, 0.25) is 0 Å². The van der Waals surface area contributed by atoms with Crippen LogP contribution in [0.3, 0.4) is 0 Å². The first kappa shape index (κ1) is 14.8. The lowest BCUT2D eigenvalue weighted by Gasteiger charge is -2.02. The van der Waals surface area contributed by atoms with Crippen molar-refractivity contribution < 1.29 is 18.0 Å². The van der Waals surface area contributed by atoms with Crippen LogP contribution in [0.15, 0.2) is 28.7 Å². The highest BCUT2D eigenvalue weighted by molar-refractivity contribution is 6.03. The third-order valence-corrected chi connectivity index (χ3v) is 3.04. The highest BCUT2D eigenvalue weighted by Crippen LogP contribution is 2.20. The number of amides is 1. The summed E-state index contributed by atoms with van der Waals surface area (Å²) in [6, 6.07) is 4.16. The summed E-state index contributed by atoms with van der Waals surface area (Å²) in [7, 11) is 1.71. The maximum Gasteiger partial charge on any atom is 0.322 e. The van der Waals surface area contributed by atoms with Gasteiger partial charge in [0.05, 0.1) is 11.3 Å². The first-order valence-corrected chi connectivity index (χ1v) is 6.55. The van der Waals surface area contributed by atoms with Crippen molar-refractivity contribution in [1.29, 1.82) is 0 Å². The zero-order valence-corrected chi connectivity index (χ0v) is 12.2. The average Bonchev–Trinajstić information content (AvgIpc) is 3.05. The second-order valence-corrected chi connectivity index (χ2v) is 4.79. The Morgan fingerprint density at radius 2 is 2.04 bits per heavy atom. The molecule has 0 saturated carbocycles. The van der Waals surface area contributed by atoms with Gasteiger partial charge < -0.3 is 4.42 Å². The summed E-state index contributed by atoms with van der Waals surface area (Å²) in [6.45, 7) is 1.81. The first-order chi connectivity index (χ1) is 10.9. The molecule has 0 fully saturated rings. The van der Waals surface area contributed by atoms with Crippen LogP contribution in [0.4, 0.5) is 14.8 Å². The fourth-order valence-corrected chi connectivity index (χ4v) is 2.03. The fourth-order valence-electron chi connectivity index (χ4n) is 2.03. The lowest BCUT2D eigenvalue weighted by molar-refractivity contribution is 0.102. The summed E-state index contributed by atoms with van der Waals surface area (Å²) in [5.74, 6) is -2.42. The van der Waals surface area contributed by atoms with E-state index < -0.39 is 17.5 Å². The van der Waals surface area contributed by atoms with E-state index in [-0.39, 0.29) is 17.5 Å². The van der Waals surface area contributed by atoms with E-state index in [0.717, 1.165) is 17.8 Å². The van der Waals surface area contributed by atoms with E-state index in [1.165, 1.54) is 0 Å². The van der Waals surface area contributed by atoms with Crippen molar-refractivity contribution in [3.8, 4) is 11.6 Å². The molecular weight excluding hydrogens is 308 g/mol. The predicted molar refractivity (Wildman–Crippen MR) is 75.5 cm³/mol. The molecule has 0 spiro atoms. The number of hydrogen-bond donors (Lipinski definition) is 1. The molecule has 0 aliphatic rings. The van der Waals surface area contributed by atoms with E-state index >= 15 is 0 Å². The monoisotopic (exact) mass is 319 g/mol. The number of hydrogen-bond acceptors (Lipinski definition) is 5. The van der Waals surface area contributed by atoms with Gasteiger partial charge in [-0.1, -0.05) is 5.10 Å². The van der Waals surface area contributed by atoms with Crippen LogP contribution in [0.1, 0.15) is 16.1 Å². The third-order valence-electron chi connectivity index (χ3n) is 3.04. The van der Waals surface area contributed by atoms with Crippen molar-refractivity contribution >= 4 is 11.9 Å². The molecule has 0 unspecified atom stereocenters. The Bertz CT molecular complexity index is 887. The standard InChI is InChI=1S/C14H11F2N5O2/c1-7-5-11(21(2)20-7)13-18-19-14(23-13)17-12(22)9-4-3-8(15)6-10(9)16/h3-6H,1-2H3,(H,17,19,22). The van der Waals surface area contributed by atoms with E-state index in [0.29, 0.717) is 11.8 Å². The fraction of sp³-hybridized carbons (Fsp3) is 0.143. The molecule has 7 nitrogen and oxygen atoms in total. The summed E-state index contributed by atoms with van der Waals surface area (Å²) in [5, 5.41) is 13.9. The number of anilines is 1. The van der Waals surface area contributed by atoms with E-state index in [4.69, 9.17) is 4.42 Å². The largest absolute Gasteiger partial charge is 0.401 e. The Hall–Kier alpha value is -3.10. The predicted octanol–water partition coefficient (Wildman–Crippen LogP) is 2.31. The molecule has 0 aliphatic heterocycles. The van der Waals surface area contributed by atoms with Crippen molar-refractivity contribution in [2.24, 2.45) is 7.05 Å². The number of aromatic nitrogens is 4. The highest BCUT2D eigenvalue weighted by Gasteiger charge is 2.17. The molecular formula is C14H11F2N5O2. The molecule has 118 valence electrons. The number of carbonyl (C=O) groups is 1. The lowest BCUT2D eigenvalue weighted by atomic mass is 10.2. The van der Waals surface area contributed by atoms with Gasteiger partial charge in [-0.05, 0) is 25.1 Å². The molecule has 2 heterocycles. The Morgan fingerprint density at radius 3 is 2.70 bits per heavy atom. The number of halogens is 2. The van der Waals surface area contributed by atoms with Crippen LogP contribution in [0, 0.1) is 18.6 Å². The maximum atomic E-state index is 13.6. The van der Waals surface area contributed by atoms with E-state index in [1.807, 2.05) is 0 Å². The SMILES string of the molecule is Cc1cc(-c2nnc(NC(=O)c3ccc(F)cc3F)o2)n(C)n1. The van der Waals surface area contributed by atoms with Crippen molar-refractivity contribution in [3.05, 3.63) is 47.2 Å². The van der Waals surface area contributed by atoms with Gasteiger partial charge in [-0.25, -0.2) is 8.78 Å². The molecule has 0 atom stereocenters. The van der Waals surface area contributed by atoms with Gasteiger partial charge in [0, 0.05) is 13.1 Å². The number of benzene rings is 1. The van der Waals surface area contributed by atoms with E-state index in [9.17, 15) is 13.6 Å².